The van der Waals surface area contributed by atoms with Crippen molar-refractivity contribution in [3.8, 4) is 0 Å². The molecule has 0 aromatic carbocycles. The highest BCUT2D eigenvalue weighted by Crippen LogP contribution is 2.09. The SMILES string of the molecule is CCC(C)C(O)OCCC(C)C. The zero-order valence-electron chi connectivity index (χ0n) is 8.71. The van der Waals surface area contributed by atoms with E-state index in [9.17, 15) is 5.11 Å². The molecule has 0 bridgehead atoms. The molecule has 0 amide bonds. The minimum atomic E-state index is -0.575. The van der Waals surface area contributed by atoms with E-state index in [0.29, 0.717) is 12.5 Å². The predicted octanol–water partition coefficient (Wildman–Crippen LogP) is 2.41. The van der Waals surface area contributed by atoms with Gasteiger partial charge in [0, 0.05) is 12.5 Å². The summed E-state index contributed by atoms with van der Waals surface area (Å²) in [7, 11) is 0. The normalized spacial score (nSPS) is 16.5. The fourth-order valence-corrected chi connectivity index (χ4v) is 0.790. The highest BCUT2D eigenvalue weighted by Gasteiger charge is 2.11. The van der Waals surface area contributed by atoms with Gasteiger partial charge in [0.25, 0.3) is 0 Å². The maximum atomic E-state index is 9.41. The second-order valence-corrected chi connectivity index (χ2v) is 3.83. The molecule has 2 nitrogen and oxygen atoms in total. The molecule has 0 radical (unpaired) electrons. The Balaban J connectivity index is 3.37. The molecule has 0 aromatic rings. The van der Waals surface area contributed by atoms with Gasteiger partial charge < -0.3 is 9.84 Å². The quantitative estimate of drug-likeness (QED) is 0.627. The van der Waals surface area contributed by atoms with Crippen molar-refractivity contribution in [3.05, 3.63) is 0 Å². The third kappa shape index (κ3) is 5.56. The van der Waals surface area contributed by atoms with Crippen LogP contribution in [-0.4, -0.2) is 18.0 Å². The second kappa shape index (κ2) is 6.44. The van der Waals surface area contributed by atoms with E-state index < -0.39 is 6.29 Å². The van der Waals surface area contributed by atoms with Gasteiger partial charge >= 0.3 is 0 Å². The van der Waals surface area contributed by atoms with Crippen LogP contribution in [0, 0.1) is 11.8 Å². The molecule has 0 aliphatic heterocycles. The van der Waals surface area contributed by atoms with Crippen LogP contribution in [0.3, 0.4) is 0 Å². The van der Waals surface area contributed by atoms with Crippen LogP contribution in [0.15, 0.2) is 0 Å². The molecular formula is C10H22O2. The standard InChI is InChI=1S/C10H22O2/c1-5-9(4)10(11)12-7-6-8(2)3/h8-11H,5-7H2,1-4H3. The van der Waals surface area contributed by atoms with Crippen molar-refractivity contribution in [1.82, 2.24) is 0 Å². The van der Waals surface area contributed by atoms with Crippen molar-refractivity contribution in [3.63, 3.8) is 0 Å². The van der Waals surface area contributed by atoms with Gasteiger partial charge in [0.2, 0.25) is 0 Å². The van der Waals surface area contributed by atoms with E-state index in [1.807, 2.05) is 6.92 Å². The first-order chi connectivity index (χ1) is 5.57. The van der Waals surface area contributed by atoms with Gasteiger partial charge in [-0.15, -0.1) is 0 Å². The number of hydrogen-bond acceptors (Lipinski definition) is 2. The average Bonchev–Trinajstić information content (AvgIpc) is 2.02. The summed E-state index contributed by atoms with van der Waals surface area (Å²) < 4.78 is 5.26. The molecule has 0 aromatic heterocycles. The van der Waals surface area contributed by atoms with Crippen molar-refractivity contribution in [2.45, 2.75) is 46.8 Å². The molecule has 12 heavy (non-hydrogen) atoms. The minimum absolute atomic E-state index is 0.247. The summed E-state index contributed by atoms with van der Waals surface area (Å²) in [6.07, 6.45) is 1.41. The summed E-state index contributed by atoms with van der Waals surface area (Å²) in [4.78, 5) is 0. The third-order valence-corrected chi connectivity index (χ3v) is 2.11. The van der Waals surface area contributed by atoms with Gasteiger partial charge in [0.15, 0.2) is 6.29 Å². The maximum Gasteiger partial charge on any atom is 0.157 e. The van der Waals surface area contributed by atoms with E-state index in [2.05, 4.69) is 20.8 Å². The van der Waals surface area contributed by atoms with E-state index in [4.69, 9.17) is 4.74 Å². The van der Waals surface area contributed by atoms with Gasteiger partial charge in [-0.25, -0.2) is 0 Å². The summed E-state index contributed by atoms with van der Waals surface area (Å²) in [5.74, 6) is 0.895. The molecule has 2 unspecified atom stereocenters. The first-order valence-electron chi connectivity index (χ1n) is 4.87. The largest absolute Gasteiger partial charge is 0.368 e. The maximum absolute atomic E-state index is 9.41. The van der Waals surface area contributed by atoms with Gasteiger partial charge in [0.1, 0.15) is 0 Å². The van der Waals surface area contributed by atoms with Crippen molar-refractivity contribution >= 4 is 0 Å². The molecular weight excluding hydrogens is 152 g/mol. The van der Waals surface area contributed by atoms with Crippen molar-refractivity contribution in [2.75, 3.05) is 6.61 Å². The van der Waals surface area contributed by atoms with Crippen LogP contribution in [0.25, 0.3) is 0 Å². The van der Waals surface area contributed by atoms with E-state index in [-0.39, 0.29) is 5.92 Å². The molecule has 0 heterocycles. The van der Waals surface area contributed by atoms with E-state index >= 15 is 0 Å². The summed E-state index contributed by atoms with van der Waals surface area (Å²) in [5, 5.41) is 9.41. The Kier molecular flexibility index (Phi) is 6.39. The molecule has 0 saturated carbocycles. The summed E-state index contributed by atoms with van der Waals surface area (Å²) in [5.41, 5.74) is 0. The first kappa shape index (κ1) is 11.9. The molecule has 0 saturated heterocycles. The van der Waals surface area contributed by atoms with Crippen LogP contribution >= 0.6 is 0 Å². The second-order valence-electron chi connectivity index (χ2n) is 3.83. The lowest BCUT2D eigenvalue weighted by atomic mass is 10.1. The van der Waals surface area contributed by atoms with Gasteiger partial charge in [-0.05, 0) is 18.8 Å². The lowest BCUT2D eigenvalue weighted by molar-refractivity contribution is -0.132. The first-order valence-corrected chi connectivity index (χ1v) is 4.87. The number of rotatable bonds is 6. The lowest BCUT2D eigenvalue weighted by Gasteiger charge is -2.18. The predicted molar refractivity (Wildman–Crippen MR) is 50.9 cm³/mol. The topological polar surface area (TPSA) is 29.5 Å². The lowest BCUT2D eigenvalue weighted by Crippen LogP contribution is -2.21. The van der Waals surface area contributed by atoms with Gasteiger partial charge in [-0.3, -0.25) is 0 Å². The van der Waals surface area contributed by atoms with Crippen LogP contribution in [0.2, 0.25) is 0 Å². The zero-order chi connectivity index (χ0) is 9.56. The van der Waals surface area contributed by atoms with Crippen LogP contribution in [0.5, 0.6) is 0 Å². The highest BCUT2D eigenvalue weighted by atomic mass is 16.6. The zero-order valence-corrected chi connectivity index (χ0v) is 8.71. The highest BCUT2D eigenvalue weighted by molar-refractivity contribution is 4.52. The van der Waals surface area contributed by atoms with Crippen molar-refractivity contribution < 1.29 is 9.84 Å². The molecule has 0 aliphatic carbocycles. The molecule has 0 rings (SSSR count). The Morgan fingerprint density at radius 1 is 1.25 bits per heavy atom. The molecule has 2 heteroatoms. The Hall–Kier alpha value is -0.0800. The van der Waals surface area contributed by atoms with Crippen LogP contribution in [-0.2, 0) is 4.74 Å². The van der Waals surface area contributed by atoms with Crippen molar-refractivity contribution in [1.29, 1.82) is 0 Å². The Labute approximate surface area is 75.9 Å². The number of hydrogen-bond donors (Lipinski definition) is 1. The van der Waals surface area contributed by atoms with Gasteiger partial charge in [-0.2, -0.15) is 0 Å². The van der Waals surface area contributed by atoms with E-state index in [1.165, 1.54) is 0 Å². The monoisotopic (exact) mass is 174 g/mol. The van der Waals surface area contributed by atoms with Crippen LogP contribution in [0.4, 0.5) is 0 Å². The third-order valence-electron chi connectivity index (χ3n) is 2.11. The number of ether oxygens (including phenoxy) is 1. The Morgan fingerprint density at radius 2 is 1.83 bits per heavy atom. The summed E-state index contributed by atoms with van der Waals surface area (Å²) >= 11 is 0. The van der Waals surface area contributed by atoms with E-state index in [0.717, 1.165) is 12.8 Å². The molecule has 0 spiro atoms. The van der Waals surface area contributed by atoms with Crippen LogP contribution < -0.4 is 0 Å². The Morgan fingerprint density at radius 3 is 2.25 bits per heavy atom. The average molecular weight is 174 g/mol. The smallest absolute Gasteiger partial charge is 0.157 e. The molecule has 2 atom stereocenters. The molecule has 1 N–H and O–H groups in total. The van der Waals surface area contributed by atoms with Gasteiger partial charge in [-0.1, -0.05) is 27.7 Å². The number of aliphatic hydroxyl groups is 1. The molecule has 0 aliphatic rings. The van der Waals surface area contributed by atoms with E-state index in [1.54, 1.807) is 0 Å². The fourth-order valence-electron chi connectivity index (χ4n) is 0.790. The minimum Gasteiger partial charge on any atom is -0.368 e. The van der Waals surface area contributed by atoms with Crippen molar-refractivity contribution in [2.24, 2.45) is 11.8 Å². The van der Waals surface area contributed by atoms with Crippen LogP contribution in [0.1, 0.15) is 40.5 Å². The fraction of sp³-hybridized carbons (Fsp3) is 1.00. The van der Waals surface area contributed by atoms with Gasteiger partial charge in [0.05, 0.1) is 0 Å². The Bertz CT molecular complexity index is 102. The molecule has 0 fully saturated rings. The number of aliphatic hydroxyl groups excluding tert-OH is 1. The molecule has 74 valence electrons. The summed E-state index contributed by atoms with van der Waals surface area (Å²) in [6, 6.07) is 0. The summed E-state index contributed by atoms with van der Waals surface area (Å²) in [6.45, 7) is 9.03.